The molecule has 0 unspecified atom stereocenters. The van der Waals surface area contributed by atoms with Crippen molar-refractivity contribution in [3.8, 4) is 63.5 Å². The Hall–Kier alpha value is -8.59. The number of hydrogen-bond donors (Lipinski definition) is 0. The summed E-state index contributed by atoms with van der Waals surface area (Å²) in [7, 11) is 0. The Bertz CT molecular complexity index is 3330. The molecule has 0 bridgehead atoms. The number of aryl methyl sites for hydroxylation is 4. The lowest BCUT2D eigenvalue weighted by Gasteiger charge is -2.18. The molecule has 0 atom stereocenters. The van der Waals surface area contributed by atoms with E-state index in [1.807, 2.05) is 88.4 Å². The molecule has 0 spiro atoms. The maximum Gasteiger partial charge on any atom is 0.163 e. The third-order valence-electron chi connectivity index (χ3n) is 10.8. The first-order chi connectivity index (χ1) is 29.2. The molecule has 6 aromatic carbocycles. The van der Waals surface area contributed by atoms with Crippen LogP contribution in [0.25, 0.3) is 88.9 Å². The van der Waals surface area contributed by atoms with Gasteiger partial charge < -0.3 is 9.13 Å². The van der Waals surface area contributed by atoms with Gasteiger partial charge in [-0.25, -0.2) is 29.9 Å². The van der Waals surface area contributed by atoms with Gasteiger partial charge in [-0.3, -0.25) is 0 Å². The van der Waals surface area contributed by atoms with Crippen LogP contribution in [0.1, 0.15) is 40.0 Å². The predicted octanol–water partition coefficient (Wildman–Crippen LogP) is 10.1. The lowest BCUT2D eigenvalue weighted by atomic mass is 9.97. The summed E-state index contributed by atoms with van der Waals surface area (Å²) < 4.78 is 4.25. The molecule has 0 N–H and O–H groups in total. The molecule has 4 aromatic heterocycles. The topological polar surface area (TPSA) is 159 Å². The van der Waals surface area contributed by atoms with Gasteiger partial charge in [-0.2, -0.15) is 15.8 Å². The van der Waals surface area contributed by atoms with E-state index in [-0.39, 0.29) is 0 Å². The smallest absolute Gasteiger partial charge is 0.163 e. The summed E-state index contributed by atoms with van der Waals surface area (Å²) in [6, 6.07) is 44.7. The van der Waals surface area contributed by atoms with Crippen molar-refractivity contribution in [2.45, 2.75) is 27.7 Å². The van der Waals surface area contributed by atoms with E-state index in [1.54, 1.807) is 18.2 Å². The summed E-state index contributed by atoms with van der Waals surface area (Å²) in [5.41, 5.74) is 9.05. The van der Waals surface area contributed by atoms with Gasteiger partial charge in [0.1, 0.15) is 34.9 Å². The highest BCUT2D eigenvalue weighted by Crippen LogP contribution is 2.41. The van der Waals surface area contributed by atoms with Crippen molar-refractivity contribution in [3.05, 3.63) is 155 Å². The highest BCUT2D eigenvalue weighted by atomic mass is 15.0. The van der Waals surface area contributed by atoms with Crippen LogP contribution in [-0.4, -0.2) is 39.0 Å². The van der Waals surface area contributed by atoms with Crippen molar-refractivity contribution in [1.29, 1.82) is 15.8 Å². The van der Waals surface area contributed by atoms with Gasteiger partial charge in [-0.05, 0) is 118 Å². The van der Waals surface area contributed by atoms with Crippen LogP contribution in [0.4, 0.5) is 0 Å². The summed E-state index contributed by atoms with van der Waals surface area (Å²) in [5.74, 6) is 3.73. The Morgan fingerprint density at radius 2 is 0.783 bits per heavy atom. The standard InChI is InChI=1S/C49H31N11/c1-27-53-28(2)56-48(55-27)33-13-15-44-39(20-33)37-9-5-7-11-42(37)59(44)46-22-36(35-18-31(24-50)17-32(19-35)25-51)23-47(41(46)26-52)60-43-12-8-6-10-38(43)40-21-34(14-16-45(40)60)49-57-29(3)54-30(4)58-49/h5-23H,1-4H3. The van der Waals surface area contributed by atoms with E-state index in [2.05, 4.69) is 93.6 Å². The molecule has 0 amide bonds. The third-order valence-corrected chi connectivity index (χ3v) is 10.8. The Morgan fingerprint density at radius 1 is 0.383 bits per heavy atom. The fourth-order valence-corrected chi connectivity index (χ4v) is 8.40. The fraction of sp³-hybridized carbons (Fsp3) is 0.0816. The molecule has 0 radical (unpaired) electrons. The monoisotopic (exact) mass is 773 g/mol. The molecule has 0 aliphatic heterocycles. The zero-order valence-corrected chi connectivity index (χ0v) is 32.9. The lowest BCUT2D eigenvalue weighted by Crippen LogP contribution is -2.05. The fourth-order valence-electron chi connectivity index (χ4n) is 8.40. The first-order valence-corrected chi connectivity index (χ1v) is 19.2. The molecule has 0 saturated carbocycles. The molecule has 10 aromatic rings. The second kappa shape index (κ2) is 13.8. The van der Waals surface area contributed by atoms with Crippen LogP contribution in [0.5, 0.6) is 0 Å². The Labute approximate surface area is 343 Å². The zero-order chi connectivity index (χ0) is 41.2. The number of nitriles is 3. The number of aromatic nitrogens is 8. The zero-order valence-electron chi connectivity index (χ0n) is 32.9. The van der Waals surface area contributed by atoms with Crippen LogP contribution in [-0.2, 0) is 0 Å². The van der Waals surface area contributed by atoms with Gasteiger partial charge >= 0.3 is 0 Å². The van der Waals surface area contributed by atoms with Crippen LogP contribution >= 0.6 is 0 Å². The minimum Gasteiger partial charge on any atom is -0.308 e. The molecule has 60 heavy (non-hydrogen) atoms. The van der Waals surface area contributed by atoms with Gasteiger partial charge in [0.05, 0.1) is 56.7 Å². The van der Waals surface area contributed by atoms with Gasteiger partial charge in [0.15, 0.2) is 11.6 Å². The number of benzene rings is 6. The number of fused-ring (bicyclic) bond motifs is 6. The Kier molecular flexibility index (Phi) is 8.24. The minimum atomic E-state index is 0.359. The average Bonchev–Trinajstić information content (AvgIpc) is 3.77. The average molecular weight is 774 g/mol. The molecule has 11 nitrogen and oxygen atoms in total. The van der Waals surface area contributed by atoms with Crippen molar-refractivity contribution in [1.82, 2.24) is 39.0 Å². The molecule has 10 rings (SSSR count). The number of nitrogens with zero attached hydrogens (tertiary/aromatic N) is 11. The maximum absolute atomic E-state index is 11.4. The normalized spacial score (nSPS) is 11.3. The van der Waals surface area contributed by atoms with Crippen LogP contribution in [0.3, 0.4) is 0 Å². The lowest BCUT2D eigenvalue weighted by molar-refractivity contribution is 0.928. The molecule has 0 aliphatic rings. The quantitative estimate of drug-likeness (QED) is 0.166. The highest BCUT2D eigenvalue weighted by Gasteiger charge is 2.24. The summed E-state index contributed by atoms with van der Waals surface area (Å²) >= 11 is 0. The van der Waals surface area contributed by atoms with E-state index in [1.165, 1.54) is 0 Å². The van der Waals surface area contributed by atoms with E-state index >= 15 is 0 Å². The van der Waals surface area contributed by atoms with Crippen LogP contribution in [0.2, 0.25) is 0 Å². The summed E-state index contributed by atoms with van der Waals surface area (Å²) in [5, 5.41) is 35.3. The molecule has 4 heterocycles. The number of para-hydroxylation sites is 2. The molecule has 0 saturated heterocycles. The predicted molar refractivity (Wildman–Crippen MR) is 231 cm³/mol. The van der Waals surface area contributed by atoms with Crippen molar-refractivity contribution in [2.75, 3.05) is 0 Å². The molecule has 0 fully saturated rings. The van der Waals surface area contributed by atoms with E-state index in [9.17, 15) is 15.8 Å². The van der Waals surface area contributed by atoms with Crippen LogP contribution in [0.15, 0.2) is 115 Å². The van der Waals surface area contributed by atoms with Gasteiger partial charge in [0.2, 0.25) is 0 Å². The molecule has 0 aliphatic carbocycles. The van der Waals surface area contributed by atoms with Crippen molar-refractivity contribution >= 4 is 43.6 Å². The summed E-state index contributed by atoms with van der Waals surface area (Å²) in [6.07, 6.45) is 0. The molecular weight excluding hydrogens is 743 g/mol. The Balaban J connectivity index is 1.31. The third kappa shape index (κ3) is 5.79. The molecule has 11 heteroatoms. The van der Waals surface area contributed by atoms with Crippen molar-refractivity contribution in [3.63, 3.8) is 0 Å². The first-order valence-electron chi connectivity index (χ1n) is 19.2. The maximum atomic E-state index is 11.4. The number of hydrogen-bond acceptors (Lipinski definition) is 9. The van der Waals surface area contributed by atoms with E-state index < -0.39 is 0 Å². The first kappa shape index (κ1) is 35.8. The van der Waals surface area contributed by atoms with Gasteiger partial charge in [-0.1, -0.05) is 36.4 Å². The second-order valence-corrected chi connectivity index (χ2v) is 14.7. The SMILES string of the molecule is Cc1nc(C)nc(-c2ccc3c(c2)c2ccccc2n3-c2cc(-c3cc(C#N)cc(C#N)c3)cc(-n3c4ccccc4c4cc(-c5nc(C)nc(C)n5)ccc43)c2C#N)n1. The Morgan fingerprint density at radius 3 is 1.20 bits per heavy atom. The van der Waals surface area contributed by atoms with Crippen molar-refractivity contribution in [2.24, 2.45) is 0 Å². The van der Waals surface area contributed by atoms with E-state index in [0.717, 1.165) is 60.3 Å². The summed E-state index contributed by atoms with van der Waals surface area (Å²) in [4.78, 5) is 27.3. The van der Waals surface area contributed by atoms with E-state index in [4.69, 9.17) is 0 Å². The molecular formula is C49H31N11. The van der Waals surface area contributed by atoms with E-state index in [0.29, 0.717) is 68.6 Å². The van der Waals surface area contributed by atoms with Gasteiger partial charge in [-0.15, -0.1) is 0 Å². The van der Waals surface area contributed by atoms with Crippen LogP contribution < -0.4 is 0 Å². The second-order valence-electron chi connectivity index (χ2n) is 14.7. The van der Waals surface area contributed by atoms with Gasteiger partial charge in [0.25, 0.3) is 0 Å². The highest BCUT2D eigenvalue weighted by molar-refractivity contribution is 6.12. The largest absolute Gasteiger partial charge is 0.308 e. The van der Waals surface area contributed by atoms with Gasteiger partial charge in [0, 0.05) is 32.7 Å². The molecule has 282 valence electrons. The number of rotatable bonds is 5. The minimum absolute atomic E-state index is 0.359. The van der Waals surface area contributed by atoms with Crippen LogP contribution in [0, 0.1) is 61.7 Å². The summed E-state index contributed by atoms with van der Waals surface area (Å²) in [6.45, 7) is 7.43. The van der Waals surface area contributed by atoms with Crippen molar-refractivity contribution < 1.29 is 0 Å².